The van der Waals surface area contributed by atoms with Gasteiger partial charge in [-0.3, -0.25) is 4.90 Å². The van der Waals surface area contributed by atoms with E-state index in [4.69, 9.17) is 0 Å². The van der Waals surface area contributed by atoms with Gasteiger partial charge in [0.1, 0.15) is 0 Å². The van der Waals surface area contributed by atoms with Crippen molar-refractivity contribution < 1.29 is 0 Å². The van der Waals surface area contributed by atoms with Gasteiger partial charge in [0.25, 0.3) is 0 Å². The van der Waals surface area contributed by atoms with Gasteiger partial charge < -0.3 is 14.7 Å². The van der Waals surface area contributed by atoms with Crippen molar-refractivity contribution in [3.8, 4) is 0 Å². The fourth-order valence-electron chi connectivity index (χ4n) is 5.12. The number of hydrogen-bond donors (Lipinski definition) is 0. The number of anilines is 3. The number of para-hydroxylation sites is 1. The minimum atomic E-state index is -0.123. The van der Waals surface area contributed by atoms with Gasteiger partial charge in [0.15, 0.2) is 0 Å². The van der Waals surface area contributed by atoms with Crippen molar-refractivity contribution in [1.29, 1.82) is 0 Å². The number of benzene rings is 3. The normalized spacial score (nSPS) is 17.9. The van der Waals surface area contributed by atoms with E-state index < -0.39 is 0 Å². The molecule has 2 aliphatic heterocycles. The zero-order chi connectivity index (χ0) is 24.1. The Morgan fingerprint density at radius 3 is 2.06 bits per heavy atom. The topological polar surface area (TPSA) is 13.0 Å². The first kappa shape index (κ1) is 22.5. The van der Waals surface area contributed by atoms with E-state index in [1.807, 2.05) is 0 Å². The number of fused-ring (bicyclic) bond motifs is 1. The van der Waals surface area contributed by atoms with Crippen molar-refractivity contribution in [2.75, 3.05) is 37.2 Å². The van der Waals surface area contributed by atoms with Crippen LogP contribution in [-0.4, -0.2) is 37.2 Å². The molecule has 0 saturated heterocycles. The standard InChI is InChI=1S/C30H36N4/c1-29(2,23-11-9-13-25(19-23)33-18-17-31(5)21-33)24-12-10-14-26(20-24)34-22-32(6)30(3,4)27-15-7-8-16-28(27)34/h7-20H,21-22H2,1-6H3. The Labute approximate surface area is 204 Å². The van der Waals surface area contributed by atoms with Crippen LogP contribution < -0.4 is 9.80 Å². The molecule has 0 N–H and O–H groups in total. The minimum Gasteiger partial charge on any atom is -0.361 e. The Hall–Kier alpha value is -3.24. The molecule has 0 bridgehead atoms. The fourth-order valence-corrected chi connectivity index (χ4v) is 5.12. The average molecular weight is 453 g/mol. The van der Waals surface area contributed by atoms with Crippen LogP contribution in [0.5, 0.6) is 0 Å². The summed E-state index contributed by atoms with van der Waals surface area (Å²) in [6.45, 7) is 11.0. The van der Waals surface area contributed by atoms with Crippen LogP contribution in [0, 0.1) is 0 Å². The van der Waals surface area contributed by atoms with E-state index in [1.165, 1.54) is 33.8 Å². The number of rotatable bonds is 4. The molecule has 0 saturated carbocycles. The first-order valence-electron chi connectivity index (χ1n) is 12.1. The first-order valence-corrected chi connectivity index (χ1v) is 12.1. The lowest BCUT2D eigenvalue weighted by Crippen LogP contribution is -2.49. The molecule has 2 heterocycles. The highest BCUT2D eigenvalue weighted by molar-refractivity contribution is 5.70. The second-order valence-electron chi connectivity index (χ2n) is 10.7. The maximum atomic E-state index is 2.45. The van der Waals surface area contributed by atoms with Crippen molar-refractivity contribution in [3.63, 3.8) is 0 Å². The number of nitrogens with zero attached hydrogens (tertiary/aromatic N) is 4. The third-order valence-electron chi connectivity index (χ3n) is 7.82. The van der Waals surface area contributed by atoms with Gasteiger partial charge in [0, 0.05) is 47.5 Å². The summed E-state index contributed by atoms with van der Waals surface area (Å²) < 4.78 is 0. The third-order valence-corrected chi connectivity index (χ3v) is 7.82. The molecule has 4 nitrogen and oxygen atoms in total. The molecule has 0 atom stereocenters. The lowest BCUT2D eigenvalue weighted by molar-refractivity contribution is 0.150. The summed E-state index contributed by atoms with van der Waals surface area (Å²) in [5, 5.41) is 0. The minimum absolute atomic E-state index is 0.00248. The molecular weight excluding hydrogens is 416 g/mol. The Morgan fingerprint density at radius 1 is 0.735 bits per heavy atom. The maximum absolute atomic E-state index is 2.45. The molecule has 176 valence electrons. The summed E-state index contributed by atoms with van der Waals surface area (Å²) in [5.74, 6) is 0. The van der Waals surface area contributed by atoms with Crippen LogP contribution >= 0.6 is 0 Å². The maximum Gasteiger partial charge on any atom is 0.0938 e. The molecule has 0 spiro atoms. The molecular formula is C30H36N4. The van der Waals surface area contributed by atoms with Gasteiger partial charge in [0.05, 0.1) is 13.3 Å². The van der Waals surface area contributed by atoms with Crippen molar-refractivity contribution in [2.24, 2.45) is 0 Å². The summed E-state index contributed by atoms with van der Waals surface area (Å²) in [7, 11) is 4.32. The van der Waals surface area contributed by atoms with Crippen LogP contribution in [0.4, 0.5) is 17.1 Å². The summed E-state index contributed by atoms with van der Waals surface area (Å²) in [4.78, 5) is 9.35. The second-order valence-corrected chi connectivity index (χ2v) is 10.7. The van der Waals surface area contributed by atoms with Gasteiger partial charge in [-0.05, 0) is 67.9 Å². The lowest BCUT2D eigenvalue weighted by Gasteiger charge is -2.47. The third kappa shape index (κ3) is 3.76. The molecule has 0 aliphatic carbocycles. The highest BCUT2D eigenvalue weighted by atomic mass is 15.4. The van der Waals surface area contributed by atoms with Crippen LogP contribution in [-0.2, 0) is 11.0 Å². The molecule has 0 unspecified atom stereocenters. The Morgan fingerprint density at radius 2 is 1.38 bits per heavy atom. The molecule has 3 aromatic rings. The number of hydrogen-bond acceptors (Lipinski definition) is 4. The van der Waals surface area contributed by atoms with Crippen LogP contribution in [0.2, 0.25) is 0 Å². The van der Waals surface area contributed by atoms with Gasteiger partial charge in [-0.25, -0.2) is 0 Å². The van der Waals surface area contributed by atoms with E-state index in [0.29, 0.717) is 0 Å². The van der Waals surface area contributed by atoms with E-state index in [9.17, 15) is 0 Å². The van der Waals surface area contributed by atoms with Crippen molar-refractivity contribution >= 4 is 17.1 Å². The summed E-state index contributed by atoms with van der Waals surface area (Å²) >= 11 is 0. The van der Waals surface area contributed by atoms with Crippen LogP contribution in [0.25, 0.3) is 0 Å². The molecule has 0 amide bonds. The quantitative estimate of drug-likeness (QED) is 0.450. The summed E-state index contributed by atoms with van der Waals surface area (Å²) in [5.41, 5.74) is 7.65. The molecule has 0 fully saturated rings. The molecule has 34 heavy (non-hydrogen) atoms. The van der Waals surface area contributed by atoms with Gasteiger partial charge >= 0.3 is 0 Å². The van der Waals surface area contributed by atoms with Crippen LogP contribution in [0.15, 0.2) is 85.2 Å². The van der Waals surface area contributed by atoms with Gasteiger partial charge in [-0.2, -0.15) is 0 Å². The van der Waals surface area contributed by atoms with E-state index >= 15 is 0 Å². The van der Waals surface area contributed by atoms with Gasteiger partial charge in [-0.15, -0.1) is 0 Å². The molecule has 2 aliphatic rings. The second kappa shape index (κ2) is 8.21. The monoisotopic (exact) mass is 452 g/mol. The zero-order valence-corrected chi connectivity index (χ0v) is 21.3. The van der Waals surface area contributed by atoms with Crippen LogP contribution in [0.3, 0.4) is 0 Å². The smallest absolute Gasteiger partial charge is 0.0938 e. The van der Waals surface area contributed by atoms with Crippen LogP contribution in [0.1, 0.15) is 44.4 Å². The fraction of sp³-hybridized carbons (Fsp3) is 0.333. The Balaban J connectivity index is 1.51. The predicted octanol–water partition coefficient (Wildman–Crippen LogP) is 6.47. The highest BCUT2D eigenvalue weighted by Gasteiger charge is 2.36. The molecule has 4 heteroatoms. The van der Waals surface area contributed by atoms with E-state index in [-0.39, 0.29) is 11.0 Å². The Kier molecular flexibility index (Phi) is 5.44. The van der Waals surface area contributed by atoms with Crippen molar-refractivity contribution in [2.45, 2.75) is 38.6 Å². The summed E-state index contributed by atoms with van der Waals surface area (Å²) in [6.07, 6.45) is 4.27. The largest absolute Gasteiger partial charge is 0.361 e. The molecule has 3 aromatic carbocycles. The summed E-state index contributed by atoms with van der Waals surface area (Å²) in [6, 6.07) is 26.9. The van der Waals surface area contributed by atoms with Crippen molar-refractivity contribution in [1.82, 2.24) is 9.80 Å². The van der Waals surface area contributed by atoms with E-state index in [0.717, 1.165) is 13.3 Å². The van der Waals surface area contributed by atoms with Gasteiger partial charge in [0.2, 0.25) is 0 Å². The zero-order valence-electron chi connectivity index (χ0n) is 21.3. The van der Waals surface area contributed by atoms with Gasteiger partial charge in [-0.1, -0.05) is 56.3 Å². The van der Waals surface area contributed by atoms with E-state index in [1.54, 1.807) is 0 Å². The lowest BCUT2D eigenvalue weighted by atomic mass is 9.77. The Bertz CT molecular complexity index is 1230. The first-order chi connectivity index (χ1) is 16.2. The molecule has 0 aromatic heterocycles. The average Bonchev–Trinajstić information content (AvgIpc) is 3.28. The van der Waals surface area contributed by atoms with E-state index in [2.05, 4.69) is 147 Å². The van der Waals surface area contributed by atoms with Crippen molar-refractivity contribution in [3.05, 3.63) is 102 Å². The molecule has 5 rings (SSSR count). The molecule has 0 radical (unpaired) electrons. The predicted molar refractivity (Wildman–Crippen MR) is 143 cm³/mol. The highest BCUT2D eigenvalue weighted by Crippen LogP contribution is 2.43. The SMILES string of the molecule is CN1C=CN(c2cccc(C(C)(C)c3cccc(N4CN(C)C(C)(C)c5ccccc54)c3)c2)C1.